The van der Waals surface area contributed by atoms with Gasteiger partial charge in [0.2, 0.25) is 5.95 Å². The Balaban J connectivity index is 1.47. The molecule has 19 heavy (non-hydrogen) atoms. The van der Waals surface area contributed by atoms with E-state index in [1.165, 1.54) is 0 Å². The summed E-state index contributed by atoms with van der Waals surface area (Å²) in [5, 5.41) is 7.61. The van der Waals surface area contributed by atoms with Gasteiger partial charge in [-0.2, -0.15) is 0 Å². The smallest absolute Gasteiger partial charge is 0.225 e. The Morgan fingerprint density at radius 3 is 2.26 bits per heavy atom. The second kappa shape index (κ2) is 5.75. The first-order valence-electron chi connectivity index (χ1n) is 6.48. The van der Waals surface area contributed by atoms with Crippen molar-refractivity contribution >= 4 is 5.95 Å². The van der Waals surface area contributed by atoms with E-state index in [-0.39, 0.29) is 0 Å². The predicted octanol–water partition coefficient (Wildman–Crippen LogP) is -0.110. The summed E-state index contributed by atoms with van der Waals surface area (Å²) in [7, 11) is 0. The standard InChI is InChI=1S/C12H17N7/c1-2-13-12(14-3-1)19-8-6-17(7-9-19)4-5-18-10-15-16-11-18/h1-3,10-11H,4-9H2. The van der Waals surface area contributed by atoms with Crippen molar-refractivity contribution < 1.29 is 0 Å². The molecule has 0 N–H and O–H groups in total. The fourth-order valence-electron chi connectivity index (χ4n) is 2.22. The van der Waals surface area contributed by atoms with E-state index in [2.05, 4.69) is 30.0 Å². The minimum atomic E-state index is 0.834. The Bertz CT molecular complexity index is 476. The van der Waals surface area contributed by atoms with Crippen molar-refractivity contribution in [3.05, 3.63) is 31.1 Å². The molecule has 3 rings (SSSR count). The van der Waals surface area contributed by atoms with Gasteiger partial charge >= 0.3 is 0 Å². The first kappa shape index (κ1) is 12.0. The van der Waals surface area contributed by atoms with Crippen LogP contribution in [0.1, 0.15) is 0 Å². The van der Waals surface area contributed by atoms with Crippen LogP contribution in [0.2, 0.25) is 0 Å². The molecule has 0 amide bonds. The van der Waals surface area contributed by atoms with Crippen molar-refractivity contribution in [2.45, 2.75) is 6.54 Å². The van der Waals surface area contributed by atoms with Crippen LogP contribution in [0.15, 0.2) is 31.1 Å². The maximum atomic E-state index is 4.29. The van der Waals surface area contributed by atoms with Gasteiger partial charge in [0.05, 0.1) is 0 Å². The fraction of sp³-hybridized carbons (Fsp3) is 0.500. The van der Waals surface area contributed by atoms with E-state index in [0.29, 0.717) is 0 Å². The van der Waals surface area contributed by atoms with Crippen LogP contribution in [0.4, 0.5) is 5.95 Å². The fourth-order valence-corrected chi connectivity index (χ4v) is 2.22. The zero-order valence-electron chi connectivity index (χ0n) is 10.8. The summed E-state index contributed by atoms with van der Waals surface area (Å²) in [6, 6.07) is 1.85. The van der Waals surface area contributed by atoms with Crippen molar-refractivity contribution in [2.75, 3.05) is 37.6 Å². The maximum Gasteiger partial charge on any atom is 0.225 e. The zero-order chi connectivity index (χ0) is 12.9. The van der Waals surface area contributed by atoms with Crippen LogP contribution in [0.5, 0.6) is 0 Å². The second-order valence-corrected chi connectivity index (χ2v) is 4.58. The molecular formula is C12H17N7. The van der Waals surface area contributed by atoms with Crippen LogP contribution in [-0.2, 0) is 6.54 Å². The van der Waals surface area contributed by atoms with Gasteiger partial charge < -0.3 is 9.47 Å². The number of nitrogens with zero attached hydrogens (tertiary/aromatic N) is 7. The van der Waals surface area contributed by atoms with E-state index in [1.54, 1.807) is 25.0 Å². The summed E-state index contributed by atoms with van der Waals surface area (Å²) < 4.78 is 2.01. The highest BCUT2D eigenvalue weighted by Crippen LogP contribution is 2.09. The van der Waals surface area contributed by atoms with E-state index in [9.17, 15) is 0 Å². The van der Waals surface area contributed by atoms with Gasteiger partial charge in [-0.3, -0.25) is 4.90 Å². The maximum absolute atomic E-state index is 4.29. The Kier molecular flexibility index (Phi) is 3.64. The SMILES string of the molecule is c1cnc(N2CCN(CCn3cnnc3)CC2)nc1. The number of aromatic nitrogens is 5. The molecule has 3 heterocycles. The third-order valence-electron chi connectivity index (χ3n) is 3.35. The van der Waals surface area contributed by atoms with Gasteiger partial charge in [0.25, 0.3) is 0 Å². The van der Waals surface area contributed by atoms with Gasteiger partial charge in [-0.05, 0) is 6.07 Å². The third kappa shape index (κ3) is 3.05. The molecule has 7 nitrogen and oxygen atoms in total. The number of hydrogen-bond acceptors (Lipinski definition) is 6. The lowest BCUT2D eigenvalue weighted by Crippen LogP contribution is -2.47. The monoisotopic (exact) mass is 259 g/mol. The Labute approximate surface area is 111 Å². The van der Waals surface area contributed by atoms with E-state index in [4.69, 9.17) is 0 Å². The molecule has 0 atom stereocenters. The molecule has 7 heteroatoms. The first-order valence-corrected chi connectivity index (χ1v) is 6.48. The zero-order valence-corrected chi connectivity index (χ0v) is 10.8. The van der Waals surface area contributed by atoms with E-state index >= 15 is 0 Å². The summed E-state index contributed by atoms with van der Waals surface area (Å²) in [5.41, 5.74) is 0. The van der Waals surface area contributed by atoms with Crippen LogP contribution >= 0.6 is 0 Å². The van der Waals surface area contributed by atoms with E-state index in [1.807, 2.05) is 10.6 Å². The molecular weight excluding hydrogens is 242 g/mol. The lowest BCUT2D eigenvalue weighted by atomic mass is 10.3. The molecule has 0 bridgehead atoms. The van der Waals surface area contributed by atoms with Gasteiger partial charge in [0.1, 0.15) is 12.7 Å². The quantitative estimate of drug-likeness (QED) is 0.763. The molecule has 0 unspecified atom stereocenters. The highest BCUT2D eigenvalue weighted by Gasteiger charge is 2.18. The molecule has 1 saturated heterocycles. The topological polar surface area (TPSA) is 63.0 Å². The molecule has 2 aromatic heterocycles. The molecule has 2 aromatic rings. The first-order chi connectivity index (χ1) is 9.42. The normalized spacial score (nSPS) is 16.7. The van der Waals surface area contributed by atoms with Crippen LogP contribution in [-0.4, -0.2) is 62.4 Å². The summed E-state index contributed by atoms with van der Waals surface area (Å²) in [6.45, 7) is 6.01. The number of rotatable bonds is 4. The van der Waals surface area contributed by atoms with E-state index < -0.39 is 0 Å². The Hall–Kier alpha value is -2.02. The van der Waals surface area contributed by atoms with Gasteiger partial charge in [-0.15, -0.1) is 10.2 Å². The largest absolute Gasteiger partial charge is 0.338 e. The van der Waals surface area contributed by atoms with Crippen LogP contribution < -0.4 is 4.90 Å². The molecule has 100 valence electrons. The molecule has 0 aliphatic carbocycles. The minimum absolute atomic E-state index is 0.834. The van der Waals surface area contributed by atoms with Gasteiger partial charge in [0.15, 0.2) is 0 Å². The van der Waals surface area contributed by atoms with Gasteiger partial charge in [0, 0.05) is 51.7 Å². The highest BCUT2D eigenvalue weighted by molar-refractivity contribution is 5.29. The van der Waals surface area contributed by atoms with E-state index in [0.717, 1.165) is 45.2 Å². The molecule has 1 fully saturated rings. The molecule has 0 aromatic carbocycles. The summed E-state index contributed by atoms with van der Waals surface area (Å²) in [5.74, 6) is 0.834. The van der Waals surface area contributed by atoms with Crippen LogP contribution in [0.3, 0.4) is 0 Å². The molecule has 1 aliphatic rings. The lowest BCUT2D eigenvalue weighted by Gasteiger charge is -2.34. The average Bonchev–Trinajstić information content (AvgIpc) is 3.00. The van der Waals surface area contributed by atoms with Crippen LogP contribution in [0, 0.1) is 0 Å². The van der Waals surface area contributed by atoms with Crippen molar-refractivity contribution in [2.24, 2.45) is 0 Å². The third-order valence-corrected chi connectivity index (χ3v) is 3.35. The number of hydrogen-bond donors (Lipinski definition) is 0. The predicted molar refractivity (Wildman–Crippen MR) is 70.7 cm³/mol. The molecule has 0 spiro atoms. The molecule has 0 saturated carbocycles. The summed E-state index contributed by atoms with van der Waals surface area (Å²) in [6.07, 6.45) is 7.10. The Morgan fingerprint density at radius 1 is 0.895 bits per heavy atom. The second-order valence-electron chi connectivity index (χ2n) is 4.58. The average molecular weight is 259 g/mol. The van der Waals surface area contributed by atoms with Crippen LogP contribution in [0.25, 0.3) is 0 Å². The number of anilines is 1. The summed E-state index contributed by atoms with van der Waals surface area (Å²) >= 11 is 0. The number of piperazine rings is 1. The van der Waals surface area contributed by atoms with Crippen molar-refractivity contribution in [3.8, 4) is 0 Å². The lowest BCUT2D eigenvalue weighted by molar-refractivity contribution is 0.247. The van der Waals surface area contributed by atoms with Crippen molar-refractivity contribution in [1.82, 2.24) is 29.6 Å². The van der Waals surface area contributed by atoms with Gasteiger partial charge in [-0.25, -0.2) is 9.97 Å². The minimum Gasteiger partial charge on any atom is -0.338 e. The van der Waals surface area contributed by atoms with Gasteiger partial charge in [-0.1, -0.05) is 0 Å². The molecule has 0 radical (unpaired) electrons. The van der Waals surface area contributed by atoms with Crippen molar-refractivity contribution in [1.29, 1.82) is 0 Å². The highest BCUT2D eigenvalue weighted by atomic mass is 15.3. The summed E-state index contributed by atoms with van der Waals surface area (Å²) in [4.78, 5) is 13.3. The Morgan fingerprint density at radius 2 is 1.58 bits per heavy atom. The molecule has 1 aliphatic heterocycles. The van der Waals surface area contributed by atoms with Crippen molar-refractivity contribution in [3.63, 3.8) is 0 Å².